The zero-order valence-electron chi connectivity index (χ0n) is 12.4. The van der Waals surface area contributed by atoms with E-state index in [1.54, 1.807) is 0 Å². The Labute approximate surface area is 139 Å². The molecule has 1 aromatic carbocycles. The van der Waals surface area contributed by atoms with Crippen molar-refractivity contribution in [2.45, 2.75) is 44.1 Å². The molecule has 0 amide bonds. The second-order valence-corrected chi connectivity index (χ2v) is 8.59. The van der Waals surface area contributed by atoms with Crippen molar-refractivity contribution in [3.63, 3.8) is 0 Å². The number of rotatable bonds is 7. The summed E-state index contributed by atoms with van der Waals surface area (Å²) in [4.78, 5) is 1.46. The van der Waals surface area contributed by atoms with Crippen LogP contribution in [0.25, 0.3) is 0 Å². The summed E-state index contributed by atoms with van der Waals surface area (Å²) in [5, 5.41) is 3.77. The van der Waals surface area contributed by atoms with Crippen LogP contribution < -0.4 is 5.32 Å². The minimum Gasteiger partial charge on any atom is -0.313 e. The van der Waals surface area contributed by atoms with E-state index in [0.29, 0.717) is 0 Å². The van der Waals surface area contributed by atoms with E-state index in [1.165, 1.54) is 27.1 Å². The molecule has 1 aliphatic carbocycles. The van der Waals surface area contributed by atoms with E-state index >= 15 is 0 Å². The van der Waals surface area contributed by atoms with Crippen LogP contribution in [0, 0.1) is 0 Å². The summed E-state index contributed by atoms with van der Waals surface area (Å²) in [6.45, 7) is 3.40. The lowest BCUT2D eigenvalue weighted by Gasteiger charge is -2.34. The third-order valence-electron chi connectivity index (χ3n) is 4.51. The molecule has 0 spiro atoms. The molecule has 1 atom stereocenters. The van der Waals surface area contributed by atoms with Crippen molar-refractivity contribution < 1.29 is 0 Å². The maximum Gasteiger partial charge on any atom is 0.0701 e. The highest BCUT2D eigenvalue weighted by atomic mass is 79.9. The molecule has 0 radical (unpaired) electrons. The number of hydrogen-bond acceptors (Lipinski definition) is 2. The zero-order valence-corrected chi connectivity index (χ0v) is 14.8. The first-order valence-corrected chi connectivity index (χ1v) is 9.36. The lowest BCUT2D eigenvalue weighted by atomic mass is 9.75. The molecule has 1 N–H and O–H groups in total. The van der Waals surface area contributed by atoms with Crippen molar-refractivity contribution in [1.82, 2.24) is 5.32 Å². The van der Waals surface area contributed by atoms with Crippen molar-refractivity contribution in [3.8, 4) is 0 Å². The van der Waals surface area contributed by atoms with Crippen LogP contribution >= 0.6 is 27.3 Å². The van der Waals surface area contributed by atoms with Gasteiger partial charge in [0, 0.05) is 22.9 Å². The zero-order chi connectivity index (χ0) is 14.7. The first-order chi connectivity index (χ1) is 10.2. The molecule has 3 rings (SSSR count). The summed E-state index contributed by atoms with van der Waals surface area (Å²) in [5.74, 6) is 0. The van der Waals surface area contributed by atoms with Gasteiger partial charge in [-0.05, 0) is 59.3 Å². The van der Waals surface area contributed by atoms with E-state index < -0.39 is 0 Å². The van der Waals surface area contributed by atoms with Crippen molar-refractivity contribution in [3.05, 3.63) is 56.7 Å². The Balaban J connectivity index is 1.87. The largest absolute Gasteiger partial charge is 0.313 e. The highest BCUT2D eigenvalue weighted by molar-refractivity contribution is 9.11. The Bertz CT molecular complexity index is 576. The second-order valence-electron chi connectivity index (χ2n) is 6.04. The van der Waals surface area contributed by atoms with Crippen LogP contribution in [0.1, 0.15) is 36.6 Å². The number of benzene rings is 1. The highest BCUT2D eigenvalue weighted by Gasteiger charge is 2.33. The van der Waals surface area contributed by atoms with Gasteiger partial charge < -0.3 is 5.32 Å². The average Bonchev–Trinajstić information content (AvgIpc) is 3.26. The molecule has 0 saturated heterocycles. The number of halogens is 1. The van der Waals surface area contributed by atoms with Crippen LogP contribution in [0.2, 0.25) is 0 Å². The summed E-state index contributed by atoms with van der Waals surface area (Å²) >= 11 is 5.46. The van der Waals surface area contributed by atoms with E-state index in [4.69, 9.17) is 0 Å². The Morgan fingerprint density at radius 1 is 1.19 bits per heavy atom. The smallest absolute Gasteiger partial charge is 0.0701 e. The molecular formula is C18H22BrNS. The van der Waals surface area contributed by atoms with Gasteiger partial charge in [-0.3, -0.25) is 0 Å². The first-order valence-electron chi connectivity index (χ1n) is 7.75. The molecule has 0 bridgehead atoms. The lowest BCUT2D eigenvalue weighted by molar-refractivity contribution is 0.379. The molecule has 1 aromatic heterocycles. The minimum absolute atomic E-state index is 0.203. The molecule has 1 fully saturated rings. The van der Waals surface area contributed by atoms with E-state index in [-0.39, 0.29) is 5.41 Å². The van der Waals surface area contributed by atoms with Crippen molar-refractivity contribution in [1.29, 1.82) is 0 Å². The van der Waals surface area contributed by atoms with Gasteiger partial charge in [-0.25, -0.2) is 0 Å². The Morgan fingerprint density at radius 3 is 2.52 bits per heavy atom. The molecule has 21 heavy (non-hydrogen) atoms. The fourth-order valence-corrected chi connectivity index (χ4v) is 4.55. The Hall–Kier alpha value is -0.640. The number of hydrogen-bond donors (Lipinski definition) is 1. The summed E-state index contributed by atoms with van der Waals surface area (Å²) in [5.41, 5.74) is 1.67. The van der Waals surface area contributed by atoms with Crippen molar-refractivity contribution in [2.75, 3.05) is 6.54 Å². The normalized spacial score (nSPS) is 17.6. The molecular weight excluding hydrogens is 342 g/mol. The van der Waals surface area contributed by atoms with Crippen LogP contribution in [0.4, 0.5) is 0 Å². The molecule has 1 unspecified atom stereocenters. The van der Waals surface area contributed by atoms with Gasteiger partial charge in [-0.2, -0.15) is 0 Å². The Kier molecular flexibility index (Phi) is 4.82. The quantitative estimate of drug-likeness (QED) is 0.716. The number of thiophene rings is 1. The van der Waals surface area contributed by atoms with E-state index in [9.17, 15) is 0 Å². The van der Waals surface area contributed by atoms with Gasteiger partial charge in [0.25, 0.3) is 0 Å². The molecule has 3 heteroatoms. The van der Waals surface area contributed by atoms with Crippen LogP contribution in [-0.2, 0) is 11.8 Å². The summed E-state index contributed by atoms with van der Waals surface area (Å²) in [7, 11) is 0. The molecule has 1 heterocycles. The SMILES string of the molecule is CCC(CNC1CC1)(Cc1ccc(Br)s1)c1ccccc1. The monoisotopic (exact) mass is 363 g/mol. The van der Waals surface area contributed by atoms with Gasteiger partial charge in [0.2, 0.25) is 0 Å². The summed E-state index contributed by atoms with van der Waals surface area (Å²) in [6.07, 6.45) is 4.97. The Morgan fingerprint density at radius 2 is 1.95 bits per heavy atom. The molecule has 0 aliphatic heterocycles. The third kappa shape index (κ3) is 3.77. The van der Waals surface area contributed by atoms with Gasteiger partial charge in [-0.1, -0.05) is 37.3 Å². The predicted molar refractivity (Wildman–Crippen MR) is 95.2 cm³/mol. The van der Waals surface area contributed by atoms with Crippen LogP contribution in [-0.4, -0.2) is 12.6 Å². The predicted octanol–water partition coefficient (Wildman–Crippen LogP) is 5.15. The van der Waals surface area contributed by atoms with E-state index in [1.807, 2.05) is 11.3 Å². The minimum atomic E-state index is 0.203. The van der Waals surface area contributed by atoms with E-state index in [2.05, 4.69) is 70.6 Å². The first kappa shape index (κ1) is 15.3. The molecule has 1 saturated carbocycles. The van der Waals surface area contributed by atoms with Crippen molar-refractivity contribution in [2.24, 2.45) is 0 Å². The highest BCUT2D eigenvalue weighted by Crippen LogP contribution is 2.35. The van der Waals surface area contributed by atoms with Gasteiger partial charge in [0.05, 0.1) is 3.79 Å². The van der Waals surface area contributed by atoms with Gasteiger partial charge in [0.1, 0.15) is 0 Å². The standard InChI is InChI=1S/C18H22BrNS/c1-2-18(13-20-15-8-9-15,14-6-4-3-5-7-14)12-16-10-11-17(19)21-16/h3-7,10-11,15,20H,2,8-9,12-13H2,1H3. The number of nitrogens with one attached hydrogen (secondary N) is 1. The third-order valence-corrected chi connectivity index (χ3v) is 6.13. The summed E-state index contributed by atoms with van der Waals surface area (Å²) < 4.78 is 1.23. The van der Waals surface area contributed by atoms with E-state index in [0.717, 1.165) is 25.4 Å². The average molecular weight is 364 g/mol. The molecule has 1 nitrogen and oxygen atoms in total. The fraction of sp³-hybridized carbons (Fsp3) is 0.444. The van der Waals surface area contributed by atoms with Crippen molar-refractivity contribution >= 4 is 27.3 Å². The van der Waals surface area contributed by atoms with Gasteiger partial charge in [0.15, 0.2) is 0 Å². The maximum atomic E-state index is 3.77. The second kappa shape index (κ2) is 6.64. The van der Waals surface area contributed by atoms with Crippen LogP contribution in [0.5, 0.6) is 0 Å². The summed E-state index contributed by atoms with van der Waals surface area (Å²) in [6, 6.07) is 16.2. The van der Waals surface area contributed by atoms with Crippen LogP contribution in [0.15, 0.2) is 46.3 Å². The molecule has 2 aromatic rings. The topological polar surface area (TPSA) is 12.0 Å². The van der Waals surface area contributed by atoms with Gasteiger partial charge in [-0.15, -0.1) is 11.3 Å². The maximum absolute atomic E-state index is 3.77. The van der Waals surface area contributed by atoms with Crippen LogP contribution in [0.3, 0.4) is 0 Å². The molecule has 1 aliphatic rings. The van der Waals surface area contributed by atoms with Gasteiger partial charge >= 0.3 is 0 Å². The lowest BCUT2D eigenvalue weighted by Crippen LogP contribution is -2.40. The fourth-order valence-electron chi connectivity index (χ4n) is 2.92. The molecule has 112 valence electrons.